The fourth-order valence-electron chi connectivity index (χ4n) is 1.56. The zero-order chi connectivity index (χ0) is 23.2. The molecule has 0 aliphatic heterocycles. The Morgan fingerprint density at radius 1 is 0.621 bits per heavy atom. The number of hydrogen-bond donors (Lipinski definition) is 0. The number of rotatable bonds is 11. The van der Waals surface area contributed by atoms with E-state index in [1.165, 1.54) is 19.3 Å². The van der Waals surface area contributed by atoms with Crippen LogP contribution in [0.25, 0.3) is 0 Å². The van der Waals surface area contributed by atoms with E-state index in [1.54, 1.807) is 0 Å². The minimum Gasteiger partial charge on any atom is -0.282 e. The summed E-state index contributed by atoms with van der Waals surface area (Å²) in [7, 11) is 0. The van der Waals surface area contributed by atoms with E-state index >= 15 is 0 Å². The van der Waals surface area contributed by atoms with Crippen LogP contribution in [0.5, 0.6) is 0 Å². The molecule has 174 valence electrons. The van der Waals surface area contributed by atoms with Crippen molar-refractivity contribution in [2.24, 2.45) is 5.41 Å². The first-order chi connectivity index (χ1) is 13.1. The Balaban J connectivity index is 0. The summed E-state index contributed by atoms with van der Waals surface area (Å²) in [5, 5.41) is 0. The van der Waals surface area contributed by atoms with Crippen LogP contribution >= 0.6 is 0 Å². The highest BCUT2D eigenvalue weighted by molar-refractivity contribution is 4.90. The van der Waals surface area contributed by atoms with Gasteiger partial charge < -0.3 is 0 Å². The summed E-state index contributed by atoms with van der Waals surface area (Å²) in [5.74, 6) is 2.97. The van der Waals surface area contributed by atoms with Gasteiger partial charge in [0, 0.05) is 6.42 Å². The van der Waals surface area contributed by atoms with E-state index in [0.29, 0.717) is 5.41 Å². The molecule has 0 spiro atoms. The van der Waals surface area contributed by atoms with Crippen LogP contribution in [-0.2, 0) is 19.6 Å². The van der Waals surface area contributed by atoms with Crippen molar-refractivity contribution in [1.82, 2.24) is 0 Å². The molecule has 0 unspecified atom stereocenters. The lowest BCUT2D eigenvalue weighted by Gasteiger charge is -2.29. The van der Waals surface area contributed by atoms with Crippen LogP contribution in [0, 0.1) is 17.4 Å². The molecule has 0 atom stereocenters. The van der Waals surface area contributed by atoms with Crippen molar-refractivity contribution < 1.29 is 19.6 Å². The zero-order valence-electron chi connectivity index (χ0n) is 21.6. The van der Waals surface area contributed by atoms with Gasteiger partial charge in [-0.15, -0.1) is 0 Å². The highest BCUT2D eigenvalue weighted by Crippen LogP contribution is 2.26. The average Bonchev–Trinajstić information content (AvgIpc) is 2.62. The van der Waals surface area contributed by atoms with E-state index in [0.717, 1.165) is 25.7 Å². The molecule has 29 heavy (non-hydrogen) atoms. The molecule has 4 heteroatoms. The molecule has 4 nitrogen and oxygen atoms in total. The first-order valence-electron chi connectivity index (χ1n) is 11.3. The average molecular weight is 415 g/mol. The predicted octanol–water partition coefficient (Wildman–Crippen LogP) is 8.00. The van der Waals surface area contributed by atoms with E-state index < -0.39 is 0 Å². The highest BCUT2D eigenvalue weighted by atomic mass is 17.2. The van der Waals surface area contributed by atoms with Crippen LogP contribution in [0.1, 0.15) is 128 Å². The summed E-state index contributed by atoms with van der Waals surface area (Å²) in [6.07, 6.45) is 10.2. The summed E-state index contributed by atoms with van der Waals surface area (Å²) in [5.41, 5.74) is -0.169. The highest BCUT2D eigenvalue weighted by Gasteiger charge is 2.23. The summed E-state index contributed by atoms with van der Waals surface area (Å²) in [4.78, 5) is 20.5. The first-order valence-corrected chi connectivity index (χ1v) is 11.3. The van der Waals surface area contributed by atoms with Crippen LogP contribution in [0.2, 0.25) is 0 Å². The van der Waals surface area contributed by atoms with Crippen molar-refractivity contribution in [2.45, 2.75) is 145 Å². The van der Waals surface area contributed by atoms with Crippen LogP contribution < -0.4 is 0 Å². The minimum atomic E-state index is -0.292. The minimum absolute atomic E-state index is 0.174. The van der Waals surface area contributed by atoms with Crippen LogP contribution in [0.3, 0.4) is 0 Å². The summed E-state index contributed by atoms with van der Waals surface area (Å²) < 4.78 is 0. The molecule has 0 aliphatic carbocycles. The fourth-order valence-corrected chi connectivity index (χ4v) is 1.56. The Bertz CT molecular complexity index is 445. The molecule has 0 heterocycles. The smallest absolute Gasteiger partial charge is 0.157 e. The van der Waals surface area contributed by atoms with Gasteiger partial charge in [-0.1, -0.05) is 53.4 Å². The van der Waals surface area contributed by atoms with Gasteiger partial charge in [0.2, 0.25) is 0 Å². The molecule has 0 aromatic heterocycles. The largest absolute Gasteiger partial charge is 0.282 e. The van der Waals surface area contributed by atoms with Crippen molar-refractivity contribution in [3.8, 4) is 12.0 Å². The third-order valence-corrected chi connectivity index (χ3v) is 4.96. The van der Waals surface area contributed by atoms with Gasteiger partial charge in [0.15, 0.2) is 6.11 Å². The molecule has 0 aliphatic rings. The van der Waals surface area contributed by atoms with E-state index in [1.807, 2.05) is 48.5 Å². The Kier molecular flexibility index (Phi) is 15.0. The second-order valence-corrected chi connectivity index (χ2v) is 10.7. The second-order valence-electron chi connectivity index (χ2n) is 10.7. The van der Waals surface area contributed by atoms with Gasteiger partial charge in [-0.3, -0.25) is 4.89 Å². The molecule has 0 bridgehead atoms. The van der Waals surface area contributed by atoms with Crippen LogP contribution in [0.15, 0.2) is 0 Å². The van der Waals surface area contributed by atoms with E-state index in [9.17, 15) is 0 Å². The Morgan fingerprint density at radius 2 is 1.10 bits per heavy atom. The van der Waals surface area contributed by atoms with Crippen molar-refractivity contribution in [3.05, 3.63) is 0 Å². The standard InChI is InChI=1S/C15H28O2.C10H22O2/c1-7-15(5,6)12-10-8-9-11-13-16-17-14(2,3)4;1-7-9(3,4)11-12-10(5,6)8-2/h7-10,12H2,1-6H3;7-8H2,1-6H3. The molecular formula is C25H50O4. The Hall–Kier alpha value is -0.760. The molecule has 0 fully saturated rings. The summed E-state index contributed by atoms with van der Waals surface area (Å²) >= 11 is 0. The van der Waals surface area contributed by atoms with Gasteiger partial charge in [-0.05, 0) is 79.6 Å². The maximum atomic E-state index is 5.33. The topological polar surface area (TPSA) is 36.9 Å². The normalized spacial score (nSPS) is 12.6. The lowest BCUT2D eigenvalue weighted by molar-refractivity contribution is -0.401. The molecule has 0 rings (SSSR count). The number of unbranched alkanes of at least 4 members (excludes halogenated alkanes) is 2. The van der Waals surface area contributed by atoms with E-state index in [-0.39, 0.29) is 16.8 Å². The summed E-state index contributed by atoms with van der Waals surface area (Å²) in [6.45, 7) is 25.0. The molecule has 0 saturated carbocycles. The Morgan fingerprint density at radius 3 is 1.48 bits per heavy atom. The quantitative estimate of drug-likeness (QED) is 0.148. The van der Waals surface area contributed by atoms with Crippen molar-refractivity contribution in [2.75, 3.05) is 0 Å². The van der Waals surface area contributed by atoms with Crippen LogP contribution in [-0.4, -0.2) is 16.8 Å². The van der Waals surface area contributed by atoms with Gasteiger partial charge in [0.1, 0.15) is 5.60 Å². The lowest BCUT2D eigenvalue weighted by Crippen LogP contribution is -2.31. The molecule has 0 amide bonds. The first kappa shape index (κ1) is 30.4. The molecule has 0 aromatic rings. The summed E-state index contributed by atoms with van der Waals surface area (Å²) in [6, 6.07) is 0. The maximum Gasteiger partial charge on any atom is 0.157 e. The zero-order valence-corrected chi connectivity index (χ0v) is 21.6. The SMILES string of the molecule is CCC(C)(C)CCCCC#COOC(C)(C)C.CCC(C)(C)OOC(C)(C)CC. The molecule has 0 N–H and O–H groups in total. The molecular weight excluding hydrogens is 364 g/mol. The van der Waals surface area contributed by atoms with Crippen molar-refractivity contribution in [1.29, 1.82) is 0 Å². The van der Waals surface area contributed by atoms with Gasteiger partial charge in [-0.25, -0.2) is 9.78 Å². The Labute approximate surface area is 182 Å². The lowest BCUT2D eigenvalue weighted by atomic mass is 9.84. The van der Waals surface area contributed by atoms with Crippen molar-refractivity contribution >= 4 is 0 Å². The second kappa shape index (κ2) is 14.3. The van der Waals surface area contributed by atoms with Gasteiger partial charge in [0.05, 0.1) is 11.2 Å². The predicted molar refractivity (Wildman–Crippen MR) is 123 cm³/mol. The van der Waals surface area contributed by atoms with E-state index in [2.05, 4.69) is 46.6 Å². The maximum absolute atomic E-state index is 5.33. The fraction of sp³-hybridized carbons (Fsp3) is 0.920. The third kappa shape index (κ3) is 21.8. The monoisotopic (exact) mass is 414 g/mol. The third-order valence-electron chi connectivity index (χ3n) is 4.96. The molecule has 0 aromatic carbocycles. The van der Waals surface area contributed by atoms with Gasteiger partial charge in [0.25, 0.3) is 0 Å². The number of hydrogen-bond acceptors (Lipinski definition) is 4. The van der Waals surface area contributed by atoms with Crippen molar-refractivity contribution in [3.63, 3.8) is 0 Å². The van der Waals surface area contributed by atoms with Gasteiger partial charge >= 0.3 is 0 Å². The molecule has 0 radical (unpaired) electrons. The van der Waals surface area contributed by atoms with Gasteiger partial charge in [-0.2, -0.15) is 4.89 Å². The van der Waals surface area contributed by atoms with Crippen LogP contribution in [0.4, 0.5) is 0 Å². The van der Waals surface area contributed by atoms with E-state index in [4.69, 9.17) is 19.6 Å². The molecule has 0 saturated heterocycles.